The Balaban J connectivity index is 1.09. The van der Waals surface area contributed by atoms with Crippen molar-refractivity contribution >= 4 is 11.6 Å². The maximum atomic E-state index is 12.9. The van der Waals surface area contributed by atoms with E-state index in [0.29, 0.717) is 17.2 Å². The fourth-order valence-corrected chi connectivity index (χ4v) is 5.67. The van der Waals surface area contributed by atoms with E-state index < -0.39 is 0 Å². The molecule has 5 heteroatoms. The van der Waals surface area contributed by atoms with Gasteiger partial charge in [-0.25, -0.2) is 0 Å². The summed E-state index contributed by atoms with van der Waals surface area (Å²) in [6.45, 7) is 6.29. The zero-order valence-electron chi connectivity index (χ0n) is 16.4. The minimum absolute atomic E-state index is 0.296. The van der Waals surface area contributed by atoms with Crippen molar-refractivity contribution in [3.63, 3.8) is 0 Å². The van der Waals surface area contributed by atoms with Crippen molar-refractivity contribution in [3.8, 4) is 0 Å². The van der Waals surface area contributed by atoms with E-state index in [4.69, 9.17) is 0 Å². The monoisotopic (exact) mass is 368 g/mol. The molecule has 2 aliphatic carbocycles. The van der Waals surface area contributed by atoms with Crippen molar-refractivity contribution in [3.05, 3.63) is 24.5 Å². The third-order valence-electron chi connectivity index (χ3n) is 7.76. The Hall–Kier alpha value is -1.62. The van der Waals surface area contributed by atoms with Gasteiger partial charge in [0.05, 0.1) is 11.9 Å². The van der Waals surface area contributed by atoms with Gasteiger partial charge in [0.1, 0.15) is 0 Å². The van der Waals surface area contributed by atoms with Crippen molar-refractivity contribution in [1.82, 2.24) is 14.8 Å². The molecule has 5 rings (SSSR count). The minimum Gasteiger partial charge on any atom is -0.370 e. The molecule has 0 radical (unpaired) electrons. The highest BCUT2D eigenvalue weighted by Crippen LogP contribution is 2.53. The van der Waals surface area contributed by atoms with Gasteiger partial charge in [-0.2, -0.15) is 0 Å². The van der Waals surface area contributed by atoms with E-state index in [1.54, 1.807) is 0 Å². The highest BCUT2D eigenvalue weighted by molar-refractivity contribution is 5.80. The summed E-state index contributed by atoms with van der Waals surface area (Å²) in [5, 5.41) is 0. The summed E-state index contributed by atoms with van der Waals surface area (Å²) in [5.74, 6) is 0.744. The van der Waals surface area contributed by atoms with E-state index in [1.807, 2.05) is 18.5 Å². The molecular formula is C22H32N4O. The van der Waals surface area contributed by atoms with E-state index in [-0.39, 0.29) is 0 Å². The Morgan fingerprint density at radius 2 is 1.78 bits per heavy atom. The Kier molecular flexibility index (Phi) is 4.58. The Morgan fingerprint density at radius 3 is 2.37 bits per heavy atom. The lowest BCUT2D eigenvalue weighted by Gasteiger charge is -2.53. The number of piperidine rings is 1. The molecule has 1 aromatic heterocycles. The first-order chi connectivity index (χ1) is 13.2. The summed E-state index contributed by atoms with van der Waals surface area (Å²) in [6.07, 6.45) is 12.6. The molecule has 0 N–H and O–H groups in total. The second-order valence-electron chi connectivity index (χ2n) is 9.25. The summed E-state index contributed by atoms with van der Waals surface area (Å²) in [4.78, 5) is 24.4. The second kappa shape index (κ2) is 7.08. The lowest BCUT2D eigenvalue weighted by Crippen LogP contribution is -2.57. The number of hydrogen-bond donors (Lipinski definition) is 0. The smallest absolute Gasteiger partial charge is 0.225 e. The number of pyridine rings is 1. The van der Waals surface area contributed by atoms with Gasteiger partial charge >= 0.3 is 0 Å². The summed E-state index contributed by atoms with van der Waals surface area (Å²) in [5.41, 5.74) is 1.68. The van der Waals surface area contributed by atoms with Crippen molar-refractivity contribution in [2.24, 2.45) is 11.3 Å². The van der Waals surface area contributed by atoms with Gasteiger partial charge in [-0.15, -0.1) is 0 Å². The third kappa shape index (κ3) is 3.35. The first kappa shape index (κ1) is 17.5. The molecule has 4 aliphatic rings. The van der Waals surface area contributed by atoms with Crippen LogP contribution >= 0.6 is 0 Å². The van der Waals surface area contributed by atoms with Gasteiger partial charge in [-0.3, -0.25) is 14.7 Å². The maximum Gasteiger partial charge on any atom is 0.225 e. The van der Waals surface area contributed by atoms with Crippen LogP contribution in [-0.2, 0) is 4.79 Å². The first-order valence-corrected chi connectivity index (χ1v) is 10.9. The zero-order chi connectivity index (χ0) is 18.3. The van der Waals surface area contributed by atoms with E-state index in [9.17, 15) is 4.79 Å². The molecule has 0 aromatic carbocycles. The van der Waals surface area contributed by atoms with E-state index >= 15 is 0 Å². The molecule has 0 atom stereocenters. The number of anilines is 1. The molecule has 5 nitrogen and oxygen atoms in total. The van der Waals surface area contributed by atoms with Gasteiger partial charge in [0.15, 0.2) is 0 Å². The Bertz CT molecular complexity index is 650. The molecule has 0 unspecified atom stereocenters. The molecule has 3 heterocycles. The maximum absolute atomic E-state index is 12.9. The number of amides is 1. The van der Waals surface area contributed by atoms with Gasteiger partial charge < -0.3 is 9.80 Å². The SMILES string of the molecule is O=C(C1CC2(CCN(c3cccnc3)CC2)C1)N1CCN(C2CCC2)CC1. The number of hydrogen-bond acceptors (Lipinski definition) is 4. The normalized spacial score (nSPS) is 26.7. The molecule has 2 saturated heterocycles. The van der Waals surface area contributed by atoms with Gasteiger partial charge in [0.2, 0.25) is 5.91 Å². The molecule has 0 bridgehead atoms. The molecule has 1 aromatic rings. The van der Waals surface area contributed by atoms with Crippen molar-refractivity contribution in [1.29, 1.82) is 0 Å². The van der Waals surface area contributed by atoms with Crippen LogP contribution in [0.5, 0.6) is 0 Å². The molecule has 2 saturated carbocycles. The fourth-order valence-electron chi connectivity index (χ4n) is 5.67. The van der Waals surface area contributed by atoms with Gasteiger partial charge in [0, 0.05) is 57.4 Å². The Labute approximate surface area is 162 Å². The molecule has 146 valence electrons. The number of carbonyl (C=O) groups excluding carboxylic acids is 1. The lowest BCUT2D eigenvalue weighted by molar-refractivity contribution is -0.147. The van der Waals surface area contributed by atoms with Crippen molar-refractivity contribution in [2.75, 3.05) is 44.2 Å². The number of aromatic nitrogens is 1. The van der Waals surface area contributed by atoms with Crippen LogP contribution in [0.2, 0.25) is 0 Å². The predicted molar refractivity (Wildman–Crippen MR) is 107 cm³/mol. The quantitative estimate of drug-likeness (QED) is 0.822. The standard InChI is InChI=1S/C22H32N4O/c27-21(26-13-11-25(12-14-26)19-3-1-4-19)18-15-22(16-18)6-9-24(10-7-22)20-5-2-8-23-17-20/h2,5,8,17-19H,1,3-4,6-7,9-16H2. The average Bonchev–Trinajstić information content (AvgIpc) is 2.66. The van der Waals surface area contributed by atoms with Crippen LogP contribution in [-0.4, -0.2) is 66.0 Å². The van der Waals surface area contributed by atoms with Crippen LogP contribution < -0.4 is 4.90 Å². The lowest BCUT2D eigenvalue weighted by atomic mass is 9.57. The van der Waals surface area contributed by atoms with Crippen LogP contribution in [0.15, 0.2) is 24.5 Å². The van der Waals surface area contributed by atoms with Crippen LogP contribution in [0.3, 0.4) is 0 Å². The molecule has 27 heavy (non-hydrogen) atoms. The summed E-state index contributed by atoms with van der Waals surface area (Å²) >= 11 is 0. The zero-order valence-corrected chi connectivity index (χ0v) is 16.4. The van der Waals surface area contributed by atoms with Crippen LogP contribution in [0.4, 0.5) is 5.69 Å². The number of carbonyl (C=O) groups is 1. The summed E-state index contributed by atoms with van der Waals surface area (Å²) in [6, 6.07) is 4.99. The highest BCUT2D eigenvalue weighted by atomic mass is 16.2. The van der Waals surface area contributed by atoms with E-state index in [2.05, 4.69) is 25.8 Å². The van der Waals surface area contributed by atoms with Crippen LogP contribution in [0.25, 0.3) is 0 Å². The van der Waals surface area contributed by atoms with E-state index in [1.165, 1.54) is 37.8 Å². The fraction of sp³-hybridized carbons (Fsp3) is 0.727. The largest absolute Gasteiger partial charge is 0.370 e. The highest BCUT2D eigenvalue weighted by Gasteiger charge is 2.49. The van der Waals surface area contributed by atoms with Crippen LogP contribution in [0, 0.1) is 11.3 Å². The predicted octanol–water partition coefficient (Wildman–Crippen LogP) is 2.77. The molecule has 1 spiro atoms. The first-order valence-electron chi connectivity index (χ1n) is 10.9. The topological polar surface area (TPSA) is 39.7 Å². The molecule has 1 amide bonds. The minimum atomic E-state index is 0.296. The van der Waals surface area contributed by atoms with Crippen molar-refractivity contribution in [2.45, 2.75) is 51.0 Å². The van der Waals surface area contributed by atoms with Gasteiger partial charge in [-0.1, -0.05) is 6.42 Å². The summed E-state index contributed by atoms with van der Waals surface area (Å²) < 4.78 is 0. The molecule has 2 aliphatic heterocycles. The van der Waals surface area contributed by atoms with E-state index in [0.717, 1.165) is 58.2 Å². The third-order valence-corrected chi connectivity index (χ3v) is 7.76. The van der Waals surface area contributed by atoms with Gasteiger partial charge in [0.25, 0.3) is 0 Å². The number of rotatable bonds is 3. The molecular weight excluding hydrogens is 336 g/mol. The number of nitrogens with zero attached hydrogens (tertiary/aromatic N) is 4. The Morgan fingerprint density at radius 1 is 1.04 bits per heavy atom. The summed E-state index contributed by atoms with van der Waals surface area (Å²) in [7, 11) is 0. The molecule has 4 fully saturated rings. The number of piperazine rings is 1. The average molecular weight is 369 g/mol. The second-order valence-corrected chi connectivity index (χ2v) is 9.25. The van der Waals surface area contributed by atoms with Crippen LogP contribution in [0.1, 0.15) is 44.9 Å². The van der Waals surface area contributed by atoms with Crippen molar-refractivity contribution < 1.29 is 4.79 Å². The van der Waals surface area contributed by atoms with Gasteiger partial charge in [-0.05, 0) is 56.1 Å².